The first-order valence-electron chi connectivity index (χ1n) is 6.54. The summed E-state index contributed by atoms with van der Waals surface area (Å²) in [4.78, 5) is 0. The minimum absolute atomic E-state index is 0.0901. The minimum Gasteiger partial charge on any atom is -0.494 e. The lowest BCUT2D eigenvalue weighted by Gasteiger charge is -2.19. The molecule has 0 aliphatic heterocycles. The standard InChI is InChI=1S/C16H17Cl2NO/c1-3-20-16-7-5-4-6-15(16)11(2)19-14-9-12(17)8-13(18)10-14/h4-11,19H,3H2,1-2H3. The number of nitrogens with one attached hydrogen (secondary N) is 1. The summed E-state index contributed by atoms with van der Waals surface area (Å²) < 4.78 is 5.65. The van der Waals surface area contributed by atoms with E-state index in [1.54, 1.807) is 6.07 Å². The van der Waals surface area contributed by atoms with Crippen LogP contribution in [0.25, 0.3) is 0 Å². The summed E-state index contributed by atoms with van der Waals surface area (Å²) in [5, 5.41) is 4.62. The molecule has 0 aliphatic rings. The number of hydrogen-bond acceptors (Lipinski definition) is 2. The summed E-state index contributed by atoms with van der Waals surface area (Å²) in [6.45, 7) is 4.70. The molecule has 0 spiro atoms. The average molecular weight is 310 g/mol. The molecule has 2 rings (SSSR count). The van der Waals surface area contributed by atoms with Crippen molar-refractivity contribution >= 4 is 28.9 Å². The predicted molar refractivity (Wildman–Crippen MR) is 86.1 cm³/mol. The molecule has 0 fully saturated rings. The number of anilines is 1. The quantitative estimate of drug-likeness (QED) is 0.780. The van der Waals surface area contributed by atoms with Crippen LogP contribution in [0.3, 0.4) is 0 Å². The van der Waals surface area contributed by atoms with Crippen molar-refractivity contribution in [2.24, 2.45) is 0 Å². The molecule has 20 heavy (non-hydrogen) atoms. The van der Waals surface area contributed by atoms with Gasteiger partial charge in [-0.2, -0.15) is 0 Å². The van der Waals surface area contributed by atoms with E-state index in [9.17, 15) is 0 Å². The molecule has 0 saturated heterocycles. The van der Waals surface area contributed by atoms with E-state index in [2.05, 4.69) is 18.3 Å². The molecule has 2 nitrogen and oxygen atoms in total. The van der Waals surface area contributed by atoms with Crippen LogP contribution in [0.15, 0.2) is 42.5 Å². The summed E-state index contributed by atoms with van der Waals surface area (Å²) in [7, 11) is 0. The van der Waals surface area contributed by atoms with Gasteiger partial charge in [0.05, 0.1) is 12.6 Å². The Morgan fingerprint density at radius 3 is 2.40 bits per heavy atom. The molecule has 0 bridgehead atoms. The van der Waals surface area contributed by atoms with Gasteiger partial charge in [0.25, 0.3) is 0 Å². The average Bonchev–Trinajstić information content (AvgIpc) is 2.38. The smallest absolute Gasteiger partial charge is 0.124 e. The fourth-order valence-electron chi connectivity index (χ4n) is 2.09. The van der Waals surface area contributed by atoms with E-state index in [-0.39, 0.29) is 6.04 Å². The van der Waals surface area contributed by atoms with Crippen LogP contribution in [0.4, 0.5) is 5.69 Å². The Bertz CT molecular complexity index is 566. The lowest BCUT2D eigenvalue weighted by atomic mass is 10.1. The highest BCUT2D eigenvalue weighted by Gasteiger charge is 2.11. The summed E-state index contributed by atoms with van der Waals surface area (Å²) in [6, 6.07) is 13.5. The topological polar surface area (TPSA) is 21.3 Å². The van der Waals surface area contributed by atoms with Crippen LogP contribution in [0, 0.1) is 0 Å². The van der Waals surface area contributed by atoms with Crippen LogP contribution in [-0.4, -0.2) is 6.61 Å². The Balaban J connectivity index is 2.21. The largest absolute Gasteiger partial charge is 0.494 e. The predicted octanol–water partition coefficient (Wildman–Crippen LogP) is 5.57. The van der Waals surface area contributed by atoms with Gasteiger partial charge in [-0.1, -0.05) is 41.4 Å². The van der Waals surface area contributed by atoms with Gasteiger partial charge in [-0.25, -0.2) is 0 Å². The van der Waals surface area contributed by atoms with Gasteiger partial charge in [-0.05, 0) is 38.1 Å². The van der Waals surface area contributed by atoms with Crippen molar-refractivity contribution in [3.63, 3.8) is 0 Å². The molecule has 2 aromatic rings. The highest BCUT2D eigenvalue weighted by atomic mass is 35.5. The lowest BCUT2D eigenvalue weighted by molar-refractivity contribution is 0.335. The van der Waals surface area contributed by atoms with Crippen molar-refractivity contribution in [3.05, 3.63) is 58.1 Å². The van der Waals surface area contributed by atoms with Gasteiger partial charge in [0, 0.05) is 21.3 Å². The lowest BCUT2D eigenvalue weighted by Crippen LogP contribution is -2.08. The molecule has 0 radical (unpaired) electrons. The van der Waals surface area contributed by atoms with Gasteiger partial charge in [0.1, 0.15) is 5.75 Å². The molecule has 2 aromatic carbocycles. The number of ether oxygens (including phenoxy) is 1. The van der Waals surface area contributed by atoms with Gasteiger partial charge in [-0.15, -0.1) is 0 Å². The molecule has 1 N–H and O–H groups in total. The van der Waals surface area contributed by atoms with Crippen molar-refractivity contribution in [1.82, 2.24) is 0 Å². The minimum atomic E-state index is 0.0901. The number of benzene rings is 2. The zero-order valence-corrected chi connectivity index (χ0v) is 13.0. The third-order valence-electron chi connectivity index (χ3n) is 2.93. The van der Waals surface area contributed by atoms with Crippen LogP contribution in [0.2, 0.25) is 10.0 Å². The molecule has 106 valence electrons. The van der Waals surface area contributed by atoms with Crippen molar-refractivity contribution in [2.75, 3.05) is 11.9 Å². The first-order chi connectivity index (χ1) is 9.60. The maximum Gasteiger partial charge on any atom is 0.124 e. The molecule has 4 heteroatoms. The van der Waals surface area contributed by atoms with Crippen LogP contribution < -0.4 is 10.1 Å². The first kappa shape index (κ1) is 15.0. The van der Waals surface area contributed by atoms with E-state index in [4.69, 9.17) is 27.9 Å². The normalized spacial score (nSPS) is 12.0. The summed E-state index contributed by atoms with van der Waals surface area (Å²) in [6.07, 6.45) is 0. The van der Waals surface area contributed by atoms with Gasteiger partial charge in [0.15, 0.2) is 0 Å². The zero-order valence-electron chi connectivity index (χ0n) is 11.5. The molecule has 0 heterocycles. The fraction of sp³-hybridized carbons (Fsp3) is 0.250. The number of para-hydroxylation sites is 1. The van der Waals surface area contributed by atoms with Crippen molar-refractivity contribution < 1.29 is 4.74 Å². The number of halogens is 2. The molecule has 0 aromatic heterocycles. The van der Waals surface area contributed by atoms with Crippen LogP contribution in [0.1, 0.15) is 25.5 Å². The highest BCUT2D eigenvalue weighted by molar-refractivity contribution is 6.35. The molecule has 0 aliphatic carbocycles. The Morgan fingerprint density at radius 1 is 1.10 bits per heavy atom. The second-order valence-corrected chi connectivity index (χ2v) is 5.37. The fourth-order valence-corrected chi connectivity index (χ4v) is 2.62. The molecule has 0 saturated carbocycles. The number of rotatable bonds is 5. The second-order valence-electron chi connectivity index (χ2n) is 4.49. The second kappa shape index (κ2) is 6.87. The maximum absolute atomic E-state index is 6.01. The van der Waals surface area contributed by atoms with Crippen LogP contribution >= 0.6 is 23.2 Å². The molecule has 1 unspecified atom stereocenters. The monoisotopic (exact) mass is 309 g/mol. The van der Waals surface area contributed by atoms with Gasteiger partial charge < -0.3 is 10.1 Å². The molecular formula is C16H17Cl2NO. The van der Waals surface area contributed by atoms with Gasteiger partial charge in [0.2, 0.25) is 0 Å². The van der Waals surface area contributed by atoms with E-state index in [0.717, 1.165) is 17.0 Å². The first-order valence-corrected chi connectivity index (χ1v) is 7.30. The van der Waals surface area contributed by atoms with E-state index in [1.165, 1.54) is 0 Å². The Hall–Kier alpha value is -1.38. The van der Waals surface area contributed by atoms with E-state index in [1.807, 2.05) is 37.3 Å². The Labute approximate surface area is 129 Å². The van der Waals surface area contributed by atoms with Crippen molar-refractivity contribution in [2.45, 2.75) is 19.9 Å². The number of hydrogen-bond donors (Lipinski definition) is 1. The summed E-state index contributed by atoms with van der Waals surface area (Å²) in [5.74, 6) is 0.892. The third kappa shape index (κ3) is 3.81. The summed E-state index contributed by atoms with van der Waals surface area (Å²) >= 11 is 12.0. The van der Waals surface area contributed by atoms with E-state index >= 15 is 0 Å². The van der Waals surface area contributed by atoms with Gasteiger partial charge >= 0.3 is 0 Å². The van der Waals surface area contributed by atoms with Crippen molar-refractivity contribution in [1.29, 1.82) is 0 Å². The third-order valence-corrected chi connectivity index (χ3v) is 3.37. The Kier molecular flexibility index (Phi) is 5.16. The molecular weight excluding hydrogens is 293 g/mol. The summed E-state index contributed by atoms with van der Waals surface area (Å²) in [5.41, 5.74) is 1.99. The van der Waals surface area contributed by atoms with Crippen LogP contribution in [-0.2, 0) is 0 Å². The van der Waals surface area contributed by atoms with Crippen molar-refractivity contribution in [3.8, 4) is 5.75 Å². The van der Waals surface area contributed by atoms with E-state index in [0.29, 0.717) is 16.7 Å². The molecule has 0 amide bonds. The van der Waals surface area contributed by atoms with E-state index < -0.39 is 0 Å². The highest BCUT2D eigenvalue weighted by Crippen LogP contribution is 2.30. The maximum atomic E-state index is 6.01. The van der Waals surface area contributed by atoms with Gasteiger partial charge in [-0.3, -0.25) is 0 Å². The molecule has 1 atom stereocenters. The van der Waals surface area contributed by atoms with Crippen LogP contribution in [0.5, 0.6) is 5.75 Å². The SMILES string of the molecule is CCOc1ccccc1C(C)Nc1cc(Cl)cc(Cl)c1. The Morgan fingerprint density at radius 2 is 1.75 bits per heavy atom. The zero-order chi connectivity index (χ0) is 14.5.